The van der Waals surface area contributed by atoms with Gasteiger partial charge in [-0.2, -0.15) is 0 Å². The molecule has 1 atom stereocenters. The third kappa shape index (κ3) is 6.28. The number of rotatable bonds is 6. The van der Waals surface area contributed by atoms with Crippen molar-refractivity contribution in [3.63, 3.8) is 0 Å². The maximum atomic E-state index is 4.91. The average Bonchev–Trinajstić information content (AvgIpc) is 1.97. The van der Waals surface area contributed by atoms with Gasteiger partial charge in [-0.05, 0) is 21.0 Å². The summed E-state index contributed by atoms with van der Waals surface area (Å²) in [5, 5.41) is 3.30. The Balaban J connectivity index is 3.10. The summed E-state index contributed by atoms with van der Waals surface area (Å²) in [6.07, 6.45) is 0. The Hall–Kier alpha value is -0.120. The number of hydrogen-bond acceptors (Lipinski definition) is 3. The topological polar surface area (TPSA) is 24.5 Å². The maximum absolute atomic E-state index is 4.91. The van der Waals surface area contributed by atoms with Crippen molar-refractivity contribution in [1.29, 1.82) is 0 Å². The molecule has 0 bridgehead atoms. The lowest BCUT2D eigenvalue weighted by Gasteiger charge is -2.19. The number of hydrogen-bond donors (Lipinski definition) is 1. The summed E-state index contributed by atoms with van der Waals surface area (Å²) in [6, 6.07) is 0.590. The second kappa shape index (κ2) is 6.58. The summed E-state index contributed by atoms with van der Waals surface area (Å²) in [6.45, 7) is 4.95. The van der Waals surface area contributed by atoms with E-state index in [9.17, 15) is 0 Å². The van der Waals surface area contributed by atoms with Crippen LogP contribution in [0.1, 0.15) is 6.92 Å². The summed E-state index contributed by atoms with van der Waals surface area (Å²) in [4.78, 5) is 2.19. The van der Waals surface area contributed by atoms with Gasteiger partial charge in [0.1, 0.15) is 0 Å². The van der Waals surface area contributed by atoms with Gasteiger partial charge in [-0.1, -0.05) is 0 Å². The highest BCUT2D eigenvalue weighted by molar-refractivity contribution is 4.61. The third-order valence-electron chi connectivity index (χ3n) is 1.80. The van der Waals surface area contributed by atoms with E-state index in [1.807, 2.05) is 0 Å². The van der Waals surface area contributed by atoms with Crippen molar-refractivity contribution < 1.29 is 4.74 Å². The minimum Gasteiger partial charge on any atom is -0.383 e. The number of nitrogens with one attached hydrogen (secondary N) is 1. The predicted molar refractivity (Wildman–Crippen MR) is 47.9 cm³/mol. The predicted octanol–water partition coefficient (Wildman–Crippen LogP) is 0.173. The van der Waals surface area contributed by atoms with Crippen molar-refractivity contribution in [3.05, 3.63) is 0 Å². The third-order valence-corrected chi connectivity index (χ3v) is 1.80. The van der Waals surface area contributed by atoms with E-state index in [4.69, 9.17) is 4.74 Å². The Morgan fingerprint density at radius 2 is 2.09 bits per heavy atom. The van der Waals surface area contributed by atoms with Gasteiger partial charge in [0.05, 0.1) is 6.61 Å². The van der Waals surface area contributed by atoms with Crippen LogP contribution in [-0.4, -0.2) is 51.8 Å². The Morgan fingerprint density at radius 3 is 2.55 bits per heavy atom. The highest BCUT2D eigenvalue weighted by Gasteiger charge is 2.01. The largest absolute Gasteiger partial charge is 0.383 e. The minimum absolute atomic E-state index is 0.590. The van der Waals surface area contributed by atoms with Crippen LogP contribution in [0.3, 0.4) is 0 Å². The lowest BCUT2D eigenvalue weighted by atomic mass is 10.3. The standard InChI is InChI=1S/C8H20N2O/c1-8(10(2)3)7-9-5-6-11-4/h8-9H,5-7H2,1-4H3. The molecule has 11 heavy (non-hydrogen) atoms. The van der Waals surface area contributed by atoms with Gasteiger partial charge in [0.15, 0.2) is 0 Å². The molecule has 0 amide bonds. The molecule has 0 aromatic heterocycles. The Labute approximate surface area is 69.7 Å². The molecule has 68 valence electrons. The van der Waals surface area contributed by atoms with Gasteiger partial charge in [0.25, 0.3) is 0 Å². The van der Waals surface area contributed by atoms with E-state index >= 15 is 0 Å². The number of methoxy groups -OCH3 is 1. The van der Waals surface area contributed by atoms with E-state index in [-0.39, 0.29) is 0 Å². The molecule has 0 saturated carbocycles. The first-order chi connectivity index (χ1) is 5.18. The van der Waals surface area contributed by atoms with Gasteiger partial charge < -0.3 is 15.0 Å². The van der Waals surface area contributed by atoms with Crippen LogP contribution in [0.2, 0.25) is 0 Å². The van der Waals surface area contributed by atoms with Crippen molar-refractivity contribution in [2.24, 2.45) is 0 Å². The molecular weight excluding hydrogens is 140 g/mol. The molecule has 3 nitrogen and oxygen atoms in total. The SMILES string of the molecule is COCCNCC(C)N(C)C. The van der Waals surface area contributed by atoms with Crippen LogP contribution in [0, 0.1) is 0 Å². The van der Waals surface area contributed by atoms with Gasteiger partial charge in [-0.15, -0.1) is 0 Å². The van der Waals surface area contributed by atoms with E-state index in [1.54, 1.807) is 7.11 Å². The molecule has 0 aliphatic carbocycles. The van der Waals surface area contributed by atoms with Crippen molar-refractivity contribution in [2.75, 3.05) is 40.9 Å². The monoisotopic (exact) mass is 160 g/mol. The van der Waals surface area contributed by atoms with Crippen LogP contribution in [0.25, 0.3) is 0 Å². The molecule has 0 rings (SSSR count). The molecule has 0 radical (unpaired) electrons. The number of likely N-dealkylation sites (N-methyl/N-ethyl adjacent to an activating group) is 1. The van der Waals surface area contributed by atoms with Gasteiger partial charge in [0.2, 0.25) is 0 Å². The second-order valence-electron chi connectivity index (χ2n) is 3.01. The molecule has 1 N–H and O–H groups in total. The first kappa shape index (κ1) is 10.9. The highest BCUT2D eigenvalue weighted by atomic mass is 16.5. The van der Waals surface area contributed by atoms with Gasteiger partial charge in [-0.25, -0.2) is 0 Å². The van der Waals surface area contributed by atoms with E-state index in [0.29, 0.717) is 6.04 Å². The summed E-state index contributed by atoms with van der Waals surface area (Å²) in [5.41, 5.74) is 0. The van der Waals surface area contributed by atoms with Crippen LogP contribution in [0.4, 0.5) is 0 Å². The van der Waals surface area contributed by atoms with Crippen LogP contribution >= 0.6 is 0 Å². The molecule has 0 aromatic rings. The second-order valence-corrected chi connectivity index (χ2v) is 3.01. The first-order valence-corrected chi connectivity index (χ1v) is 4.04. The van der Waals surface area contributed by atoms with E-state index in [2.05, 4.69) is 31.2 Å². The van der Waals surface area contributed by atoms with Gasteiger partial charge in [-0.3, -0.25) is 0 Å². The summed E-state index contributed by atoms with van der Waals surface area (Å²) >= 11 is 0. The summed E-state index contributed by atoms with van der Waals surface area (Å²) in [7, 11) is 5.89. The zero-order valence-corrected chi connectivity index (χ0v) is 8.05. The van der Waals surface area contributed by atoms with Crippen LogP contribution in [-0.2, 0) is 4.74 Å². The molecule has 0 aromatic carbocycles. The molecule has 0 aliphatic rings. The zero-order valence-electron chi connectivity index (χ0n) is 8.05. The van der Waals surface area contributed by atoms with Crippen molar-refractivity contribution in [1.82, 2.24) is 10.2 Å². The molecule has 0 heterocycles. The van der Waals surface area contributed by atoms with E-state index < -0.39 is 0 Å². The smallest absolute Gasteiger partial charge is 0.0587 e. The van der Waals surface area contributed by atoms with E-state index in [1.165, 1.54) is 0 Å². The average molecular weight is 160 g/mol. The lowest BCUT2D eigenvalue weighted by Crippen LogP contribution is -2.36. The summed E-state index contributed by atoms with van der Waals surface area (Å²) < 4.78 is 4.91. The van der Waals surface area contributed by atoms with Crippen molar-refractivity contribution in [2.45, 2.75) is 13.0 Å². The van der Waals surface area contributed by atoms with Crippen LogP contribution < -0.4 is 5.32 Å². The molecular formula is C8H20N2O. The molecule has 1 unspecified atom stereocenters. The summed E-state index contributed by atoms with van der Waals surface area (Å²) in [5.74, 6) is 0. The fourth-order valence-electron chi connectivity index (χ4n) is 0.668. The lowest BCUT2D eigenvalue weighted by molar-refractivity contribution is 0.195. The number of ether oxygens (including phenoxy) is 1. The molecule has 0 aliphatic heterocycles. The minimum atomic E-state index is 0.590. The molecule has 3 heteroatoms. The van der Waals surface area contributed by atoms with Gasteiger partial charge in [0, 0.05) is 26.2 Å². The maximum Gasteiger partial charge on any atom is 0.0587 e. The zero-order chi connectivity index (χ0) is 8.69. The highest BCUT2D eigenvalue weighted by Crippen LogP contribution is 1.87. The van der Waals surface area contributed by atoms with Crippen molar-refractivity contribution in [3.8, 4) is 0 Å². The van der Waals surface area contributed by atoms with E-state index in [0.717, 1.165) is 19.7 Å². The quantitative estimate of drug-likeness (QED) is 0.561. The van der Waals surface area contributed by atoms with Crippen LogP contribution in [0.5, 0.6) is 0 Å². The normalized spacial score (nSPS) is 13.9. The fourth-order valence-corrected chi connectivity index (χ4v) is 0.668. The fraction of sp³-hybridized carbons (Fsp3) is 1.00. The first-order valence-electron chi connectivity index (χ1n) is 4.04. The number of nitrogens with zero attached hydrogens (tertiary/aromatic N) is 1. The van der Waals surface area contributed by atoms with Crippen molar-refractivity contribution >= 4 is 0 Å². The Bertz CT molecular complexity index is 86.2. The van der Waals surface area contributed by atoms with Gasteiger partial charge >= 0.3 is 0 Å². The molecule has 0 saturated heterocycles. The van der Waals surface area contributed by atoms with Crippen LogP contribution in [0.15, 0.2) is 0 Å². The molecule has 0 fully saturated rings. The Kier molecular flexibility index (Phi) is 6.51. The molecule has 0 spiro atoms. The Morgan fingerprint density at radius 1 is 1.45 bits per heavy atom.